The maximum absolute atomic E-state index is 12.5. The molecule has 130 valence electrons. The molecular weight excluding hydrogens is 501 g/mol. The fraction of sp³-hybridized carbons (Fsp3) is 0.786. The van der Waals surface area contributed by atoms with Crippen molar-refractivity contribution in [3.63, 3.8) is 0 Å². The second-order valence-electron chi connectivity index (χ2n) is 6.41. The van der Waals surface area contributed by atoms with Crippen molar-refractivity contribution in [1.29, 1.82) is 0 Å². The summed E-state index contributed by atoms with van der Waals surface area (Å²) < 4.78 is 9.14. The van der Waals surface area contributed by atoms with Crippen LogP contribution < -0.4 is 0 Å². The first-order valence-electron chi connectivity index (χ1n) is 7.19. The summed E-state index contributed by atoms with van der Waals surface area (Å²) >= 11 is 7.02. The number of hydrogen-bond acceptors (Lipinski definition) is 6. The van der Waals surface area contributed by atoms with Crippen LogP contribution in [0.2, 0.25) is 0 Å². The van der Waals surface area contributed by atoms with Crippen molar-refractivity contribution < 1.29 is 23.9 Å². The van der Waals surface area contributed by atoms with Gasteiger partial charge in [-0.15, -0.1) is 11.8 Å². The summed E-state index contributed by atoms with van der Waals surface area (Å²) in [4.78, 5) is 37.9. The van der Waals surface area contributed by atoms with Crippen LogP contribution in [0.1, 0.15) is 34.6 Å². The second-order valence-corrected chi connectivity index (χ2v) is 12.6. The normalized spacial score (nSPS) is 33.0. The summed E-state index contributed by atoms with van der Waals surface area (Å²) in [5.74, 6) is -1.43. The minimum Gasteiger partial charge on any atom is -0.425 e. The van der Waals surface area contributed by atoms with Gasteiger partial charge in [-0.1, -0.05) is 52.4 Å². The van der Waals surface area contributed by atoms with Crippen molar-refractivity contribution in [1.82, 2.24) is 4.90 Å². The Balaban J connectivity index is 2.07. The number of carbonyl (C=O) groups excluding carboxylic acids is 3. The fourth-order valence-electron chi connectivity index (χ4n) is 2.51. The monoisotopic (exact) mass is 519 g/mol. The molecule has 1 unspecified atom stereocenters. The maximum atomic E-state index is 12.5. The molecule has 2 fully saturated rings. The molecule has 23 heavy (non-hydrogen) atoms. The lowest BCUT2D eigenvalue weighted by Crippen LogP contribution is -2.68. The van der Waals surface area contributed by atoms with E-state index in [1.807, 2.05) is 13.8 Å². The zero-order valence-electron chi connectivity index (χ0n) is 13.5. The average molecular weight is 520 g/mol. The van der Waals surface area contributed by atoms with Gasteiger partial charge in [0.1, 0.15) is 11.4 Å². The van der Waals surface area contributed by atoms with E-state index >= 15 is 0 Å². The lowest BCUT2D eigenvalue weighted by atomic mass is 9.98. The zero-order valence-corrected chi connectivity index (χ0v) is 18.0. The number of fused-ring (bicyclic) bond motifs is 1. The molecule has 0 aliphatic carbocycles. The predicted molar refractivity (Wildman–Crippen MR) is 98.3 cm³/mol. The highest BCUT2D eigenvalue weighted by Gasteiger charge is 2.70. The molecule has 9 heteroatoms. The van der Waals surface area contributed by atoms with Gasteiger partial charge in [-0.3, -0.25) is 9.59 Å². The van der Waals surface area contributed by atoms with Crippen LogP contribution in [0.5, 0.6) is 0 Å². The molecule has 0 aromatic heterocycles. The second kappa shape index (κ2) is 6.36. The van der Waals surface area contributed by atoms with E-state index in [-0.39, 0.29) is 17.2 Å². The van der Waals surface area contributed by atoms with E-state index in [0.717, 1.165) is 0 Å². The number of ether oxygens (including phenoxy) is 2. The molecule has 0 saturated carbocycles. The van der Waals surface area contributed by atoms with Gasteiger partial charge in [-0.05, 0) is 13.8 Å². The van der Waals surface area contributed by atoms with Crippen LogP contribution in [-0.4, -0.2) is 47.5 Å². The van der Waals surface area contributed by atoms with Crippen LogP contribution in [0, 0.1) is 5.92 Å². The maximum Gasteiger partial charge on any atom is 0.333 e. The number of rotatable bonds is 4. The molecule has 0 spiro atoms. The Morgan fingerprint density at radius 3 is 2.39 bits per heavy atom. The highest BCUT2D eigenvalue weighted by molar-refractivity contribution is 14.1. The average Bonchev–Trinajstić information content (AvgIpc) is 2.68. The van der Waals surface area contributed by atoms with E-state index in [4.69, 9.17) is 9.47 Å². The zero-order chi connectivity index (χ0) is 17.7. The Labute approximate surface area is 161 Å². The van der Waals surface area contributed by atoms with E-state index < -0.39 is 31.3 Å². The van der Waals surface area contributed by atoms with Crippen LogP contribution >= 0.6 is 50.3 Å². The fourth-order valence-corrected chi connectivity index (χ4v) is 5.67. The third kappa shape index (κ3) is 3.37. The smallest absolute Gasteiger partial charge is 0.333 e. The molecule has 6 nitrogen and oxygen atoms in total. The number of β-lactam (4-membered cyclic amide) rings is 1. The molecule has 0 N–H and O–H groups in total. The number of nitrogens with zero attached hydrogens (tertiary/aromatic N) is 1. The molecule has 2 saturated heterocycles. The van der Waals surface area contributed by atoms with Gasteiger partial charge in [0.15, 0.2) is 2.33 Å². The molecule has 2 aliphatic heterocycles. The number of esters is 2. The van der Waals surface area contributed by atoms with Crippen molar-refractivity contribution >= 4 is 68.1 Å². The number of thioether (sulfide) groups is 1. The number of halogens is 2. The molecule has 0 aromatic rings. The Hall–Kier alpha value is -0.0300. The Morgan fingerprint density at radius 2 is 1.87 bits per heavy atom. The van der Waals surface area contributed by atoms with Crippen LogP contribution in [0.25, 0.3) is 0 Å². The van der Waals surface area contributed by atoms with Crippen LogP contribution in [0.3, 0.4) is 0 Å². The van der Waals surface area contributed by atoms with Gasteiger partial charge in [0.25, 0.3) is 5.91 Å². The van der Waals surface area contributed by atoms with E-state index in [1.54, 1.807) is 30.5 Å². The summed E-state index contributed by atoms with van der Waals surface area (Å²) in [6.45, 7) is 8.70. The van der Waals surface area contributed by atoms with Gasteiger partial charge in [0.2, 0.25) is 6.29 Å². The molecule has 0 aromatic carbocycles. The Kier molecular flexibility index (Phi) is 5.34. The third-order valence-corrected chi connectivity index (χ3v) is 7.88. The van der Waals surface area contributed by atoms with Gasteiger partial charge in [0.05, 0.1) is 5.92 Å². The minimum atomic E-state index is -0.984. The SMILES string of the molecule is CC(OC(=O)C(C)C)OC(=O)[C@@H]1N2C(=O)[C@@](Br)(I)[C@H]2SC1(C)C. The first kappa shape index (κ1) is 19.3. The predicted octanol–water partition coefficient (Wildman–Crippen LogP) is 2.66. The molecule has 2 heterocycles. The summed E-state index contributed by atoms with van der Waals surface area (Å²) in [7, 11) is 0. The van der Waals surface area contributed by atoms with E-state index in [9.17, 15) is 14.4 Å². The van der Waals surface area contributed by atoms with Crippen molar-refractivity contribution in [2.75, 3.05) is 0 Å². The van der Waals surface area contributed by atoms with Crippen molar-refractivity contribution in [2.24, 2.45) is 5.92 Å². The highest BCUT2D eigenvalue weighted by atomic mass is 127. The van der Waals surface area contributed by atoms with Gasteiger partial charge in [0, 0.05) is 11.7 Å². The summed E-state index contributed by atoms with van der Waals surface area (Å²) in [5.41, 5.74) is 0. The molecular formula is C14H19BrINO5S. The number of carbonyl (C=O) groups is 3. The van der Waals surface area contributed by atoms with Crippen molar-refractivity contribution in [2.45, 2.75) is 59.4 Å². The molecule has 4 atom stereocenters. The number of hydrogen-bond donors (Lipinski definition) is 0. The van der Waals surface area contributed by atoms with E-state index in [0.29, 0.717) is 0 Å². The van der Waals surface area contributed by atoms with Crippen LogP contribution in [0.4, 0.5) is 0 Å². The number of alkyl halides is 2. The van der Waals surface area contributed by atoms with Gasteiger partial charge >= 0.3 is 11.9 Å². The van der Waals surface area contributed by atoms with Gasteiger partial charge < -0.3 is 14.4 Å². The first-order chi connectivity index (χ1) is 10.4. The van der Waals surface area contributed by atoms with Crippen molar-refractivity contribution in [3.8, 4) is 0 Å². The largest absolute Gasteiger partial charge is 0.425 e. The lowest BCUT2D eigenvalue weighted by Gasteiger charge is -2.46. The lowest BCUT2D eigenvalue weighted by molar-refractivity contribution is -0.192. The summed E-state index contributed by atoms with van der Waals surface area (Å²) in [6.07, 6.45) is -0.984. The summed E-state index contributed by atoms with van der Waals surface area (Å²) in [6, 6.07) is -0.703. The minimum absolute atomic E-state index is 0.128. The van der Waals surface area contributed by atoms with Crippen LogP contribution in [0.15, 0.2) is 0 Å². The number of amides is 1. The molecule has 1 amide bonds. The summed E-state index contributed by atoms with van der Waals surface area (Å²) in [5, 5.41) is -0.128. The quantitative estimate of drug-likeness (QED) is 0.187. The van der Waals surface area contributed by atoms with Crippen LogP contribution in [-0.2, 0) is 23.9 Å². The first-order valence-corrected chi connectivity index (χ1v) is 9.94. The standard InChI is InChI=1S/C14H19BrINO5S/c1-6(2)9(18)21-7(3)22-10(19)8-13(4,5)23-12-14(15,16)11(20)17(8)12/h6-8,12H,1-5H3/t7?,8-,12+,14+/m0/s1. The molecule has 2 rings (SSSR count). The van der Waals surface area contributed by atoms with E-state index in [1.165, 1.54) is 6.92 Å². The van der Waals surface area contributed by atoms with Gasteiger partial charge in [-0.25, -0.2) is 4.79 Å². The van der Waals surface area contributed by atoms with E-state index in [2.05, 4.69) is 38.5 Å². The van der Waals surface area contributed by atoms with Gasteiger partial charge in [-0.2, -0.15) is 0 Å². The molecule has 0 radical (unpaired) electrons. The van der Waals surface area contributed by atoms with Crippen molar-refractivity contribution in [3.05, 3.63) is 0 Å². The topological polar surface area (TPSA) is 72.9 Å². The Bertz CT molecular complexity index is 553. The third-order valence-electron chi connectivity index (χ3n) is 3.69. The molecule has 0 bridgehead atoms. The highest BCUT2D eigenvalue weighted by Crippen LogP contribution is 2.60. The molecule has 2 aliphatic rings. The Morgan fingerprint density at radius 1 is 1.30 bits per heavy atom.